The number of aromatic hydroxyl groups is 1. The molecule has 1 aromatic rings. The number of rotatable bonds is 5. The molecule has 1 aromatic carbocycles. The molecular weight excluding hydrogens is 340 g/mol. The first-order valence-corrected chi connectivity index (χ1v) is 7.14. The summed E-state index contributed by atoms with van der Waals surface area (Å²) in [6.45, 7) is 1.22. The molecule has 2 rings (SSSR count). The summed E-state index contributed by atoms with van der Waals surface area (Å²) in [5.41, 5.74) is 7.28. The van der Waals surface area contributed by atoms with Crippen molar-refractivity contribution in [1.29, 1.82) is 0 Å². The van der Waals surface area contributed by atoms with Gasteiger partial charge in [0.25, 0.3) is 0 Å². The van der Waals surface area contributed by atoms with Gasteiger partial charge in [0.05, 0.1) is 23.3 Å². The van der Waals surface area contributed by atoms with Crippen LogP contribution < -0.4 is 21.7 Å². The number of nitrogens with one attached hydrogen (secondary N) is 3. The van der Waals surface area contributed by atoms with Gasteiger partial charge < -0.3 is 31.5 Å². The van der Waals surface area contributed by atoms with Crippen molar-refractivity contribution in [3.05, 3.63) is 39.8 Å². The standard InChI is InChI=1S/C13H17BrN4O3/c14-9-3-8(1-2-11(9)19)4-17-12(20)5-16-10-6-21-7-18-13(10)15/h1-3,16,18-19H,4-7,15H2,(H,17,20). The van der Waals surface area contributed by atoms with Crippen molar-refractivity contribution in [3.63, 3.8) is 0 Å². The summed E-state index contributed by atoms with van der Waals surface area (Å²) < 4.78 is 5.76. The number of amides is 1. The van der Waals surface area contributed by atoms with E-state index in [1.165, 1.54) is 0 Å². The van der Waals surface area contributed by atoms with E-state index in [1.54, 1.807) is 18.2 Å². The molecule has 0 unspecified atom stereocenters. The fourth-order valence-corrected chi connectivity index (χ4v) is 2.15. The zero-order chi connectivity index (χ0) is 15.2. The van der Waals surface area contributed by atoms with E-state index < -0.39 is 0 Å². The lowest BCUT2D eigenvalue weighted by atomic mass is 10.2. The molecule has 0 spiro atoms. The molecule has 0 bridgehead atoms. The summed E-state index contributed by atoms with van der Waals surface area (Å²) in [6, 6.07) is 5.07. The maximum atomic E-state index is 11.8. The molecule has 7 nitrogen and oxygen atoms in total. The number of hydrogen-bond acceptors (Lipinski definition) is 6. The second kappa shape index (κ2) is 7.19. The monoisotopic (exact) mass is 356 g/mol. The molecule has 0 aromatic heterocycles. The second-order valence-electron chi connectivity index (χ2n) is 4.48. The second-order valence-corrected chi connectivity index (χ2v) is 5.33. The van der Waals surface area contributed by atoms with E-state index in [0.717, 1.165) is 5.56 Å². The van der Waals surface area contributed by atoms with Crippen molar-refractivity contribution in [3.8, 4) is 5.75 Å². The topological polar surface area (TPSA) is 109 Å². The molecule has 1 aliphatic heterocycles. The molecule has 1 heterocycles. The molecule has 0 fully saturated rings. The van der Waals surface area contributed by atoms with Crippen molar-refractivity contribution in [1.82, 2.24) is 16.0 Å². The van der Waals surface area contributed by atoms with Crippen molar-refractivity contribution in [2.24, 2.45) is 5.73 Å². The summed E-state index contributed by atoms with van der Waals surface area (Å²) in [7, 11) is 0. The van der Waals surface area contributed by atoms with Gasteiger partial charge in [-0.15, -0.1) is 0 Å². The van der Waals surface area contributed by atoms with Gasteiger partial charge in [-0.2, -0.15) is 0 Å². The maximum Gasteiger partial charge on any atom is 0.239 e. The number of nitrogens with two attached hydrogens (primary N) is 1. The quantitative estimate of drug-likeness (QED) is 0.510. The molecule has 0 atom stereocenters. The predicted octanol–water partition coefficient (Wildman–Crippen LogP) is 0.0656. The number of halogens is 1. The molecule has 8 heteroatoms. The average Bonchev–Trinajstić information content (AvgIpc) is 2.47. The summed E-state index contributed by atoms with van der Waals surface area (Å²) in [5.74, 6) is 0.501. The highest BCUT2D eigenvalue weighted by molar-refractivity contribution is 9.10. The van der Waals surface area contributed by atoms with E-state index >= 15 is 0 Å². The highest BCUT2D eigenvalue weighted by Crippen LogP contribution is 2.24. The third-order valence-corrected chi connectivity index (χ3v) is 3.54. The molecular formula is C13H17BrN4O3. The van der Waals surface area contributed by atoms with Crippen LogP contribution in [0.5, 0.6) is 5.75 Å². The summed E-state index contributed by atoms with van der Waals surface area (Å²) in [5, 5.41) is 17.9. The van der Waals surface area contributed by atoms with E-state index in [2.05, 4.69) is 31.9 Å². The summed E-state index contributed by atoms with van der Waals surface area (Å²) in [6.07, 6.45) is 0. The first kappa shape index (κ1) is 15.5. The normalized spacial score (nSPS) is 14.5. The summed E-state index contributed by atoms with van der Waals surface area (Å²) in [4.78, 5) is 11.8. The fourth-order valence-electron chi connectivity index (χ4n) is 1.72. The summed E-state index contributed by atoms with van der Waals surface area (Å²) >= 11 is 3.23. The van der Waals surface area contributed by atoms with Gasteiger partial charge in [0.1, 0.15) is 18.3 Å². The number of phenols is 1. The van der Waals surface area contributed by atoms with E-state index in [-0.39, 0.29) is 18.2 Å². The Morgan fingerprint density at radius 1 is 1.52 bits per heavy atom. The largest absolute Gasteiger partial charge is 0.507 e. The van der Waals surface area contributed by atoms with Crippen LogP contribution in [0.15, 0.2) is 34.2 Å². The number of ether oxygens (including phenoxy) is 1. The number of hydrogen-bond donors (Lipinski definition) is 5. The van der Waals surface area contributed by atoms with Crippen LogP contribution in [0.2, 0.25) is 0 Å². The molecule has 0 saturated heterocycles. The van der Waals surface area contributed by atoms with E-state index in [9.17, 15) is 9.90 Å². The van der Waals surface area contributed by atoms with Gasteiger partial charge in [-0.25, -0.2) is 0 Å². The zero-order valence-electron chi connectivity index (χ0n) is 11.3. The van der Waals surface area contributed by atoms with Gasteiger partial charge in [0, 0.05) is 6.54 Å². The molecule has 114 valence electrons. The van der Waals surface area contributed by atoms with Crippen LogP contribution in [0.3, 0.4) is 0 Å². The minimum Gasteiger partial charge on any atom is -0.507 e. The number of benzene rings is 1. The van der Waals surface area contributed by atoms with Crippen molar-refractivity contribution in [2.75, 3.05) is 19.9 Å². The zero-order valence-corrected chi connectivity index (χ0v) is 12.9. The van der Waals surface area contributed by atoms with Crippen LogP contribution >= 0.6 is 15.9 Å². The fraction of sp³-hybridized carbons (Fsp3) is 0.308. The number of carbonyl (C=O) groups excluding carboxylic acids is 1. The van der Waals surface area contributed by atoms with E-state index in [0.29, 0.717) is 35.9 Å². The van der Waals surface area contributed by atoms with Crippen molar-refractivity contribution >= 4 is 21.8 Å². The van der Waals surface area contributed by atoms with Crippen molar-refractivity contribution < 1.29 is 14.6 Å². The van der Waals surface area contributed by atoms with Crippen LogP contribution in [-0.4, -0.2) is 30.9 Å². The molecule has 0 saturated carbocycles. The Labute approximate surface area is 130 Å². The number of carbonyl (C=O) groups is 1. The smallest absolute Gasteiger partial charge is 0.239 e. The van der Waals surface area contributed by atoms with Crippen LogP contribution in [0.4, 0.5) is 0 Å². The molecule has 0 radical (unpaired) electrons. The minimum atomic E-state index is -0.162. The van der Waals surface area contributed by atoms with Gasteiger partial charge in [-0.1, -0.05) is 6.07 Å². The Kier molecular flexibility index (Phi) is 5.29. The molecule has 0 aliphatic carbocycles. The highest BCUT2D eigenvalue weighted by atomic mass is 79.9. The Hall–Kier alpha value is -1.93. The Bertz CT molecular complexity index is 562. The molecule has 1 amide bonds. The lowest BCUT2D eigenvalue weighted by molar-refractivity contribution is -0.120. The number of phenolic OH excluding ortho intramolecular Hbond substituents is 1. The van der Waals surface area contributed by atoms with Crippen LogP contribution in [0.1, 0.15) is 5.56 Å². The lowest BCUT2D eigenvalue weighted by Crippen LogP contribution is -2.40. The first-order valence-electron chi connectivity index (χ1n) is 6.34. The Morgan fingerprint density at radius 3 is 3.05 bits per heavy atom. The van der Waals surface area contributed by atoms with Crippen molar-refractivity contribution in [2.45, 2.75) is 6.54 Å². The van der Waals surface area contributed by atoms with E-state index in [1.807, 2.05) is 0 Å². The third kappa shape index (κ3) is 4.54. The SMILES string of the molecule is NC1=C(NCC(=O)NCc2ccc(O)c(Br)c2)COCN1. The first-order chi connectivity index (χ1) is 10.1. The maximum absolute atomic E-state index is 11.8. The van der Waals surface area contributed by atoms with Gasteiger partial charge >= 0.3 is 0 Å². The van der Waals surface area contributed by atoms with Crippen LogP contribution in [-0.2, 0) is 16.1 Å². The van der Waals surface area contributed by atoms with Crippen LogP contribution in [0.25, 0.3) is 0 Å². The lowest BCUT2D eigenvalue weighted by Gasteiger charge is -2.20. The molecule has 21 heavy (non-hydrogen) atoms. The highest BCUT2D eigenvalue weighted by Gasteiger charge is 2.10. The van der Waals surface area contributed by atoms with Gasteiger partial charge in [-0.3, -0.25) is 4.79 Å². The average molecular weight is 357 g/mol. The Morgan fingerprint density at radius 2 is 2.33 bits per heavy atom. The Balaban J connectivity index is 1.78. The van der Waals surface area contributed by atoms with Gasteiger partial charge in [0.2, 0.25) is 5.91 Å². The van der Waals surface area contributed by atoms with E-state index in [4.69, 9.17) is 10.5 Å². The molecule has 6 N–H and O–H groups in total. The van der Waals surface area contributed by atoms with Crippen LogP contribution in [0, 0.1) is 0 Å². The minimum absolute atomic E-state index is 0.111. The molecule has 1 aliphatic rings. The van der Waals surface area contributed by atoms with Gasteiger partial charge in [0.15, 0.2) is 0 Å². The third-order valence-electron chi connectivity index (χ3n) is 2.90. The van der Waals surface area contributed by atoms with Gasteiger partial charge in [-0.05, 0) is 33.6 Å². The predicted molar refractivity (Wildman–Crippen MR) is 80.8 cm³/mol.